The van der Waals surface area contributed by atoms with Crippen LogP contribution in [0.1, 0.15) is 41.9 Å². The Morgan fingerprint density at radius 2 is 1.75 bits per heavy atom. The fraction of sp³-hybridized carbons (Fsp3) is 0.200. The molecule has 3 N–H and O–H groups in total. The first-order valence-corrected chi connectivity index (χ1v) is 10.4. The molecule has 7 heteroatoms. The summed E-state index contributed by atoms with van der Waals surface area (Å²) in [6, 6.07) is 16.6. The van der Waals surface area contributed by atoms with Crippen LogP contribution in [0.15, 0.2) is 60.7 Å². The Morgan fingerprint density at radius 1 is 1.09 bits per heavy atom. The molecule has 4 rings (SSSR count). The number of carbonyl (C=O) groups is 1. The van der Waals surface area contributed by atoms with Gasteiger partial charge in [0.25, 0.3) is 5.91 Å². The van der Waals surface area contributed by atoms with Gasteiger partial charge in [-0.3, -0.25) is 9.48 Å². The number of nitrogens with two attached hydrogens (primary N) is 1. The number of carbonyl (C=O) groups excluding carboxylic acids is 1. The van der Waals surface area contributed by atoms with E-state index in [2.05, 4.69) is 10.4 Å². The molecule has 0 aliphatic rings. The predicted molar refractivity (Wildman–Crippen MR) is 123 cm³/mol. The van der Waals surface area contributed by atoms with Crippen LogP contribution in [0.3, 0.4) is 0 Å². The van der Waals surface area contributed by atoms with Gasteiger partial charge in [-0.05, 0) is 56.2 Å². The molecule has 1 unspecified atom stereocenters. The van der Waals surface area contributed by atoms with Gasteiger partial charge >= 0.3 is 0 Å². The summed E-state index contributed by atoms with van der Waals surface area (Å²) >= 11 is 0. The number of nitrogen functional groups attached to an aromatic ring is 1. The lowest BCUT2D eigenvalue weighted by Gasteiger charge is -2.31. The third-order valence-corrected chi connectivity index (χ3v) is 6.09. The highest BCUT2D eigenvalue weighted by Crippen LogP contribution is 2.34. The van der Waals surface area contributed by atoms with Crippen molar-refractivity contribution in [3.05, 3.63) is 89.1 Å². The number of hydrogen-bond donors (Lipinski definition) is 2. The minimum absolute atomic E-state index is 0.264. The normalized spacial score (nSPS) is 13.2. The summed E-state index contributed by atoms with van der Waals surface area (Å²) in [6.45, 7) is 5.87. The first-order chi connectivity index (χ1) is 15.2. The molecule has 0 fully saturated rings. The fourth-order valence-electron chi connectivity index (χ4n) is 3.95. The molecular formula is C25H24F2N4O. The minimum Gasteiger partial charge on any atom is -0.397 e. The molecule has 1 heterocycles. The summed E-state index contributed by atoms with van der Waals surface area (Å²) in [5, 5.41) is 7.96. The number of anilines is 2. The van der Waals surface area contributed by atoms with Gasteiger partial charge in [0.15, 0.2) is 11.6 Å². The first-order valence-electron chi connectivity index (χ1n) is 10.4. The second-order valence-corrected chi connectivity index (χ2v) is 8.03. The van der Waals surface area contributed by atoms with Crippen LogP contribution in [0.4, 0.5) is 20.2 Å². The van der Waals surface area contributed by atoms with Crippen molar-refractivity contribution >= 4 is 28.2 Å². The van der Waals surface area contributed by atoms with Crippen molar-refractivity contribution in [3.63, 3.8) is 0 Å². The Morgan fingerprint density at radius 3 is 2.41 bits per heavy atom. The lowest BCUT2D eigenvalue weighted by molar-refractivity contribution is 0.102. The largest absolute Gasteiger partial charge is 0.397 e. The fourth-order valence-corrected chi connectivity index (χ4v) is 3.95. The Balaban J connectivity index is 1.67. The van der Waals surface area contributed by atoms with Crippen LogP contribution in [-0.4, -0.2) is 15.7 Å². The van der Waals surface area contributed by atoms with Gasteiger partial charge < -0.3 is 11.1 Å². The molecule has 1 amide bonds. The quantitative estimate of drug-likeness (QED) is 0.400. The lowest BCUT2D eigenvalue weighted by atomic mass is 9.88. The van der Waals surface area contributed by atoms with E-state index >= 15 is 0 Å². The van der Waals surface area contributed by atoms with Gasteiger partial charge in [-0.15, -0.1) is 0 Å². The highest BCUT2D eigenvalue weighted by molar-refractivity contribution is 6.05. The maximum Gasteiger partial charge on any atom is 0.255 e. The van der Waals surface area contributed by atoms with Crippen molar-refractivity contribution in [3.8, 4) is 0 Å². The molecular weight excluding hydrogens is 410 g/mol. The van der Waals surface area contributed by atoms with Gasteiger partial charge in [0.1, 0.15) is 0 Å². The number of para-hydroxylation sites is 2. The maximum atomic E-state index is 13.8. The van der Waals surface area contributed by atoms with E-state index in [1.807, 2.05) is 32.9 Å². The number of aryl methyl sites for hydroxylation is 1. The van der Waals surface area contributed by atoms with Gasteiger partial charge in [-0.25, -0.2) is 8.78 Å². The number of aromatic nitrogens is 2. The molecule has 1 atom stereocenters. The smallest absolute Gasteiger partial charge is 0.255 e. The maximum absolute atomic E-state index is 13.8. The van der Waals surface area contributed by atoms with Crippen molar-refractivity contribution in [2.45, 2.75) is 32.7 Å². The number of rotatable bonds is 5. The number of amides is 1. The van der Waals surface area contributed by atoms with Crippen LogP contribution < -0.4 is 11.1 Å². The summed E-state index contributed by atoms with van der Waals surface area (Å²) in [5.74, 6) is -2.08. The van der Waals surface area contributed by atoms with E-state index in [9.17, 15) is 13.6 Å². The predicted octanol–water partition coefficient (Wildman–Crippen LogP) is 5.63. The second-order valence-electron chi connectivity index (χ2n) is 8.03. The van der Waals surface area contributed by atoms with Crippen molar-refractivity contribution in [2.75, 3.05) is 11.1 Å². The molecule has 0 bridgehead atoms. The van der Waals surface area contributed by atoms with E-state index in [4.69, 9.17) is 5.73 Å². The highest BCUT2D eigenvalue weighted by Gasteiger charge is 2.30. The molecule has 0 saturated heterocycles. The average Bonchev–Trinajstić information content (AvgIpc) is 3.11. The van der Waals surface area contributed by atoms with E-state index in [0.717, 1.165) is 17.3 Å². The molecule has 0 aliphatic carbocycles. The lowest BCUT2D eigenvalue weighted by Crippen LogP contribution is -2.32. The minimum atomic E-state index is -0.922. The van der Waals surface area contributed by atoms with Crippen molar-refractivity contribution in [1.29, 1.82) is 0 Å². The Labute approximate surface area is 184 Å². The molecule has 0 spiro atoms. The molecule has 0 saturated carbocycles. The number of nitrogens with one attached hydrogen (secondary N) is 1. The van der Waals surface area contributed by atoms with Gasteiger partial charge in [-0.2, -0.15) is 5.10 Å². The third kappa shape index (κ3) is 3.60. The number of fused-ring (bicyclic) bond motifs is 1. The molecule has 4 aromatic rings. The number of benzene rings is 3. The molecule has 0 aliphatic heterocycles. The Kier molecular flexibility index (Phi) is 5.42. The van der Waals surface area contributed by atoms with E-state index in [1.54, 1.807) is 41.1 Å². The van der Waals surface area contributed by atoms with Crippen LogP contribution in [0.2, 0.25) is 0 Å². The molecule has 5 nitrogen and oxygen atoms in total. The summed E-state index contributed by atoms with van der Waals surface area (Å²) < 4.78 is 29.3. The van der Waals surface area contributed by atoms with E-state index in [1.165, 1.54) is 6.07 Å². The zero-order chi connectivity index (χ0) is 23.0. The molecule has 164 valence electrons. The van der Waals surface area contributed by atoms with Crippen molar-refractivity contribution in [1.82, 2.24) is 9.78 Å². The topological polar surface area (TPSA) is 72.9 Å². The highest BCUT2D eigenvalue weighted by atomic mass is 19.2. The summed E-state index contributed by atoms with van der Waals surface area (Å²) in [7, 11) is 0. The zero-order valence-electron chi connectivity index (χ0n) is 18.1. The molecule has 32 heavy (non-hydrogen) atoms. The van der Waals surface area contributed by atoms with E-state index in [0.29, 0.717) is 34.3 Å². The van der Waals surface area contributed by atoms with Gasteiger partial charge in [-0.1, -0.05) is 31.2 Å². The average molecular weight is 434 g/mol. The van der Waals surface area contributed by atoms with Crippen LogP contribution >= 0.6 is 0 Å². The second kappa shape index (κ2) is 8.07. The van der Waals surface area contributed by atoms with Crippen LogP contribution in [0.25, 0.3) is 10.9 Å². The van der Waals surface area contributed by atoms with Gasteiger partial charge in [0, 0.05) is 22.7 Å². The number of nitrogens with zero attached hydrogens (tertiary/aromatic N) is 2. The van der Waals surface area contributed by atoms with Crippen LogP contribution in [-0.2, 0) is 5.54 Å². The monoisotopic (exact) mass is 434 g/mol. The van der Waals surface area contributed by atoms with E-state index in [-0.39, 0.29) is 5.91 Å². The van der Waals surface area contributed by atoms with E-state index < -0.39 is 17.2 Å². The number of hydrogen-bond acceptors (Lipinski definition) is 3. The van der Waals surface area contributed by atoms with Crippen LogP contribution in [0.5, 0.6) is 0 Å². The SMILES string of the molecule is CCC(C)(c1ccc(C(=O)Nc2ccccc2N)cc1)n1nc2cc(F)c(F)cc2c1C. The molecule has 0 radical (unpaired) electrons. The van der Waals surface area contributed by atoms with Crippen molar-refractivity contribution in [2.24, 2.45) is 0 Å². The summed E-state index contributed by atoms with van der Waals surface area (Å²) in [6.07, 6.45) is 0.679. The molecule has 1 aromatic heterocycles. The molecule has 3 aromatic carbocycles. The summed E-state index contributed by atoms with van der Waals surface area (Å²) in [4.78, 5) is 12.6. The van der Waals surface area contributed by atoms with Crippen LogP contribution in [0, 0.1) is 18.6 Å². The number of halogens is 2. The Bertz CT molecular complexity index is 1310. The standard InChI is InChI=1S/C25H24F2N4O/c1-4-25(3,31-15(2)18-13-19(26)20(27)14-23(18)30-31)17-11-9-16(10-12-17)24(32)29-22-8-6-5-7-21(22)28/h5-14H,4,28H2,1-3H3,(H,29,32). The van der Waals surface area contributed by atoms with Gasteiger partial charge in [0.05, 0.1) is 22.4 Å². The van der Waals surface area contributed by atoms with Crippen molar-refractivity contribution < 1.29 is 13.6 Å². The first kappa shape index (κ1) is 21.5. The third-order valence-electron chi connectivity index (χ3n) is 6.09. The van der Waals surface area contributed by atoms with Gasteiger partial charge in [0.2, 0.25) is 0 Å². The zero-order valence-corrected chi connectivity index (χ0v) is 18.1. The Hall–Kier alpha value is -3.74. The summed E-state index contributed by atoms with van der Waals surface area (Å²) in [5.41, 5.74) is 8.93.